The van der Waals surface area contributed by atoms with Crippen molar-refractivity contribution in [2.45, 2.75) is 347 Å². The number of ether oxygens (including phenoxy) is 6. The SMILES string of the molecule is CCC(C)(C)C(=O)OC1(C(F)(F)F)OC(C(F)(F)F)C(F)(F)C(O)(C2CCCCC2)C1(F)F.CCC(C)(C)C(=O)OC1(C(F)(F)F)OC(C2CCCCC2)(C(F)(F)F)C(F)(F)C(O)(C2CCCCC2)C1(F)F.CCC(C)(C)C(=O)OC1(C(F)(F)F)OC(CC)(C(F)(F)F)C(F)(F)C(O)(C2CCCCC2)C1(F)F. The molecule has 7 rings (SSSR count). The van der Waals surface area contributed by atoms with E-state index in [1.54, 1.807) is 0 Å². The van der Waals surface area contributed by atoms with Crippen molar-refractivity contribution in [1.82, 2.24) is 0 Å². The zero-order valence-electron chi connectivity index (χ0n) is 59.2. The van der Waals surface area contributed by atoms with E-state index >= 15 is 43.9 Å². The van der Waals surface area contributed by atoms with Crippen LogP contribution in [0.4, 0.5) is 132 Å². The third-order valence-electron chi connectivity index (χ3n) is 22.9. The molecule has 107 heavy (non-hydrogen) atoms. The fourth-order valence-corrected chi connectivity index (χ4v) is 15.0. The molecule has 0 bridgehead atoms. The lowest BCUT2D eigenvalue weighted by Crippen LogP contribution is -2.90. The number of aliphatic hydroxyl groups is 3. The first-order chi connectivity index (χ1) is 47.8. The number of hydrogen-bond donors (Lipinski definition) is 3. The maximum atomic E-state index is 16.4. The van der Waals surface area contributed by atoms with E-state index in [2.05, 4.69) is 28.4 Å². The maximum Gasteiger partial charge on any atom is 0.462 e. The van der Waals surface area contributed by atoms with E-state index in [0.717, 1.165) is 41.5 Å². The Morgan fingerprint density at radius 1 is 0.346 bits per heavy atom. The number of esters is 3. The van der Waals surface area contributed by atoms with Crippen molar-refractivity contribution >= 4 is 17.9 Å². The smallest absolute Gasteiger partial charge is 0.417 e. The summed E-state index contributed by atoms with van der Waals surface area (Å²) in [5, 5.41) is 32.7. The molecule has 12 nitrogen and oxygen atoms in total. The minimum Gasteiger partial charge on any atom is -0.417 e. The molecule has 4 aliphatic carbocycles. The summed E-state index contributed by atoms with van der Waals surface area (Å²) < 4.78 is 470. The lowest BCUT2D eigenvalue weighted by Gasteiger charge is -2.64. The van der Waals surface area contributed by atoms with Crippen molar-refractivity contribution in [2.75, 3.05) is 0 Å². The van der Waals surface area contributed by atoms with Crippen molar-refractivity contribution in [1.29, 1.82) is 0 Å². The molecule has 7 aliphatic rings. The van der Waals surface area contributed by atoms with Gasteiger partial charge < -0.3 is 43.7 Å². The number of rotatable bonds is 14. The van der Waals surface area contributed by atoms with Gasteiger partial charge in [-0.2, -0.15) is 132 Å². The summed E-state index contributed by atoms with van der Waals surface area (Å²) in [4.78, 5) is 37.6. The van der Waals surface area contributed by atoms with Crippen LogP contribution in [0.3, 0.4) is 0 Å². The highest BCUT2D eigenvalue weighted by Crippen LogP contribution is 2.74. The fraction of sp³-hybridized carbons (Fsp3) is 0.954. The van der Waals surface area contributed by atoms with Crippen molar-refractivity contribution in [3.8, 4) is 0 Å². The molecule has 42 heteroatoms. The van der Waals surface area contributed by atoms with E-state index in [9.17, 15) is 118 Å². The predicted octanol–water partition coefficient (Wildman–Crippen LogP) is 20.0. The Balaban J connectivity index is 0.000000289. The first-order valence-electron chi connectivity index (χ1n) is 34.4. The summed E-state index contributed by atoms with van der Waals surface area (Å²) in [6.45, 7) is 9.90. The van der Waals surface area contributed by atoms with Gasteiger partial charge in [-0.1, -0.05) is 105 Å². The number of hydrogen-bond acceptors (Lipinski definition) is 12. The number of carbonyl (C=O) groups excluding carboxylic acids is 3. The highest BCUT2D eigenvalue weighted by Gasteiger charge is 3.01. The molecule has 3 aliphatic heterocycles. The minimum absolute atomic E-state index is 0.0931. The van der Waals surface area contributed by atoms with Crippen LogP contribution in [0.2, 0.25) is 0 Å². The van der Waals surface area contributed by atoms with Gasteiger partial charge in [0, 0.05) is 23.7 Å². The monoisotopic (exact) mass is 1630 g/mol. The van der Waals surface area contributed by atoms with Gasteiger partial charge in [0.1, 0.15) is 0 Å². The molecule has 0 amide bonds. The van der Waals surface area contributed by atoms with Crippen LogP contribution in [0.15, 0.2) is 0 Å². The third-order valence-corrected chi connectivity index (χ3v) is 22.9. The Hall–Kier alpha value is -3.93. The van der Waals surface area contributed by atoms with Crippen molar-refractivity contribution < 1.29 is 190 Å². The Morgan fingerprint density at radius 2 is 0.607 bits per heavy atom. The van der Waals surface area contributed by atoms with Crippen LogP contribution in [-0.2, 0) is 42.8 Å². The highest BCUT2D eigenvalue weighted by atomic mass is 19.4. The molecular weight excluding hydrogens is 1540 g/mol. The number of carbonyl (C=O) groups is 3. The summed E-state index contributed by atoms with van der Waals surface area (Å²) in [6.07, 6.45) is -52.2. The Labute approximate surface area is 594 Å². The van der Waals surface area contributed by atoms with Crippen LogP contribution in [0.5, 0.6) is 0 Å². The lowest BCUT2D eigenvalue weighted by atomic mass is 9.58. The van der Waals surface area contributed by atoms with E-state index in [1.807, 2.05) is 0 Å². The summed E-state index contributed by atoms with van der Waals surface area (Å²) in [7, 11) is 0. The van der Waals surface area contributed by atoms with Gasteiger partial charge in [0.2, 0.25) is 34.1 Å². The normalized spacial score (nSPS) is 34.4. The molecule has 0 aromatic heterocycles. The third kappa shape index (κ3) is 14.0. The molecule has 0 aromatic carbocycles. The van der Waals surface area contributed by atoms with Gasteiger partial charge in [0.15, 0.2) is 0 Å². The highest BCUT2D eigenvalue weighted by molar-refractivity contribution is 5.77. The van der Waals surface area contributed by atoms with E-state index < -0.39 is 240 Å². The largest absolute Gasteiger partial charge is 0.462 e. The molecule has 0 radical (unpaired) electrons. The molecular formula is C65H86F30O12. The topological polar surface area (TPSA) is 167 Å². The van der Waals surface area contributed by atoms with E-state index in [0.29, 0.717) is 6.92 Å². The van der Waals surface area contributed by atoms with Crippen molar-refractivity contribution in [2.24, 2.45) is 39.9 Å². The van der Waals surface area contributed by atoms with Crippen LogP contribution in [0, 0.1) is 39.9 Å². The van der Waals surface area contributed by atoms with E-state index in [4.69, 9.17) is 0 Å². The predicted molar refractivity (Wildman–Crippen MR) is 309 cm³/mol. The van der Waals surface area contributed by atoms with Gasteiger partial charge in [-0.25, -0.2) is 0 Å². The second-order valence-corrected chi connectivity index (χ2v) is 30.5. The Morgan fingerprint density at radius 3 is 0.869 bits per heavy atom. The van der Waals surface area contributed by atoms with E-state index in [1.165, 1.54) is 20.8 Å². The molecule has 9 unspecified atom stereocenters. The summed E-state index contributed by atoms with van der Waals surface area (Å²) >= 11 is 0. The molecule has 4 saturated carbocycles. The first kappa shape index (κ1) is 93.7. The van der Waals surface area contributed by atoms with Crippen LogP contribution in [-0.4, -0.2) is 157 Å². The molecule has 3 saturated heterocycles. The average Bonchev–Trinajstić information content (AvgIpc) is 0.661. The van der Waals surface area contributed by atoms with Crippen molar-refractivity contribution in [3.63, 3.8) is 0 Å². The van der Waals surface area contributed by atoms with Crippen LogP contribution < -0.4 is 0 Å². The van der Waals surface area contributed by atoms with Gasteiger partial charge in [0.05, 0.1) is 16.2 Å². The average molecular weight is 1630 g/mol. The van der Waals surface area contributed by atoms with Gasteiger partial charge >= 0.3 is 108 Å². The quantitative estimate of drug-likeness (QED) is 0.0857. The molecule has 628 valence electrons. The number of alkyl halides is 30. The maximum absolute atomic E-state index is 16.4. The summed E-state index contributed by atoms with van der Waals surface area (Å²) in [5.74, 6) is -69.9. The van der Waals surface area contributed by atoms with E-state index in [-0.39, 0.29) is 96.3 Å². The zero-order valence-corrected chi connectivity index (χ0v) is 59.2. The zero-order chi connectivity index (χ0) is 83.3. The lowest BCUT2D eigenvalue weighted by molar-refractivity contribution is -0.569. The second kappa shape index (κ2) is 29.5. The first-order valence-corrected chi connectivity index (χ1v) is 34.4. The van der Waals surface area contributed by atoms with Crippen LogP contribution in [0.1, 0.15) is 223 Å². The van der Waals surface area contributed by atoms with Crippen LogP contribution in [0.25, 0.3) is 0 Å². The van der Waals surface area contributed by atoms with Gasteiger partial charge in [0.25, 0.3) is 0 Å². The molecule has 3 N–H and O–H groups in total. The van der Waals surface area contributed by atoms with Crippen LogP contribution >= 0.6 is 0 Å². The minimum atomic E-state index is -6.67. The molecule has 3 heterocycles. The fourth-order valence-electron chi connectivity index (χ4n) is 15.0. The second-order valence-electron chi connectivity index (χ2n) is 30.5. The van der Waals surface area contributed by atoms with Gasteiger partial charge in [-0.15, -0.1) is 0 Å². The van der Waals surface area contributed by atoms with Gasteiger partial charge in [-0.3, -0.25) is 14.4 Å². The number of halogens is 30. The summed E-state index contributed by atoms with van der Waals surface area (Å²) in [6, 6.07) is 0. The molecule has 7 fully saturated rings. The van der Waals surface area contributed by atoms with Crippen molar-refractivity contribution in [3.05, 3.63) is 0 Å². The summed E-state index contributed by atoms with van der Waals surface area (Å²) in [5.41, 5.74) is -32.0. The molecule has 0 spiro atoms. The van der Waals surface area contributed by atoms with Gasteiger partial charge in [-0.05, 0) is 119 Å². The Kier molecular flexibility index (Phi) is 25.8. The molecule has 9 atom stereocenters. The standard InChI is InChI=1S/C25H34F10O4.C21H28F10O4.C19H24F10O4/c1-4-18(2,3)17(36)38-23(25(33,34)35)22(28,29)19(37,15-11-7-5-8-12-15)21(26,27)20(39-23,24(30,31)32)16-13-9-6-10-14-16;1-5-14(3,4)13(32)34-19(21(29,30)31)18(24,25)16(33,12-10-8-7-9-11-12)17(22,23)15(6-2,35-19)20(26,27)28;1-4-13(2,3)12(30)33-18(19(27,28)29)17(25,26)14(31,10-8-6-5-7-9-10)15(20,21)11(32-18)16(22,23)24/h15-16,37H,4-14H2,1-3H3;12,33H,5-11H2,1-4H3;10-11,31H,4-9H2,1-3H3. The Bertz CT molecular complexity index is 3090. The molecule has 0 aromatic rings.